The summed E-state index contributed by atoms with van der Waals surface area (Å²) >= 11 is 1.97. The normalized spacial score (nSPS) is 9.00. The summed E-state index contributed by atoms with van der Waals surface area (Å²) in [7, 11) is 0. The predicted octanol–water partition coefficient (Wildman–Crippen LogP) is -0.797. The fraction of sp³-hybridized carbons (Fsp3) is 0. The van der Waals surface area contributed by atoms with Crippen LogP contribution in [0.25, 0.3) is 0 Å². The Morgan fingerprint density at radius 3 is 2.83 bits per heavy atom. The molecule has 0 aliphatic carbocycles. The maximum absolute atomic E-state index is 3.70. The number of hydrogen-bond acceptors (Lipinski definition) is 1. The first kappa shape index (κ1) is 3.98. The van der Waals surface area contributed by atoms with Crippen molar-refractivity contribution in [2.45, 2.75) is 0 Å². The second-order valence-electron chi connectivity index (χ2n) is 1.24. The van der Waals surface area contributed by atoms with Crippen molar-refractivity contribution in [3.05, 3.63) is 12.3 Å². The van der Waals surface area contributed by atoms with E-state index >= 15 is 0 Å². The van der Waals surface area contributed by atoms with Crippen LogP contribution in [0, 0.1) is 0 Å². The van der Waals surface area contributed by atoms with Gasteiger partial charge in [-0.05, 0) is 0 Å². The minimum absolute atomic E-state index is 1.11. The molecule has 0 spiro atoms. The van der Waals surface area contributed by atoms with Gasteiger partial charge in [0.2, 0.25) is 0 Å². The zero-order chi connectivity index (χ0) is 4.41. The Hall–Kier alpha value is -0.193. The summed E-state index contributed by atoms with van der Waals surface area (Å²) in [5.74, 6) is 0. The third-order valence-corrected chi connectivity index (χ3v) is 0.640. The number of rotatable bonds is 0. The van der Waals surface area contributed by atoms with E-state index in [0.717, 1.165) is 4.37 Å². The molecular weight excluding hydrogens is 71.0 g/mol. The zero-order valence-corrected chi connectivity index (χ0v) is 3.60. The summed E-state index contributed by atoms with van der Waals surface area (Å²) < 4.78 is 1.11. The van der Waals surface area contributed by atoms with E-state index in [9.17, 15) is 0 Å². The number of hydrogen-bond donors (Lipinski definition) is 1. The van der Waals surface area contributed by atoms with Gasteiger partial charge < -0.3 is 0 Å². The van der Waals surface area contributed by atoms with Crippen molar-refractivity contribution >= 4 is 22.1 Å². The number of aromatic amines is 1. The summed E-state index contributed by atoms with van der Waals surface area (Å²) in [6.45, 7) is 0. The van der Waals surface area contributed by atoms with Gasteiger partial charge in [0.1, 0.15) is 0 Å². The Morgan fingerprint density at radius 1 is 1.83 bits per heavy atom. The van der Waals surface area contributed by atoms with Crippen LogP contribution in [-0.4, -0.2) is 27.9 Å². The molecule has 1 aromatic heterocycles. The van der Waals surface area contributed by atoms with Crippen LogP contribution in [0.1, 0.15) is 0 Å². The molecule has 0 saturated heterocycles. The van der Waals surface area contributed by atoms with Crippen molar-refractivity contribution in [1.29, 1.82) is 0 Å². The van der Waals surface area contributed by atoms with E-state index in [0.29, 0.717) is 0 Å². The van der Waals surface area contributed by atoms with Crippen LogP contribution < -0.4 is 4.37 Å². The van der Waals surface area contributed by atoms with Crippen molar-refractivity contribution < 1.29 is 0 Å². The van der Waals surface area contributed by atoms with Crippen LogP contribution >= 0.6 is 0 Å². The SMILES string of the molecule is [Li][c]1ccn[nH]1. The Bertz CT molecular complexity index is 112. The van der Waals surface area contributed by atoms with E-state index in [2.05, 4.69) is 10.2 Å². The molecule has 0 unspecified atom stereocenters. The molecule has 1 rings (SSSR count). The molecule has 0 fully saturated rings. The molecule has 0 radical (unpaired) electrons. The van der Waals surface area contributed by atoms with Crippen LogP contribution in [-0.2, 0) is 0 Å². The van der Waals surface area contributed by atoms with Gasteiger partial charge in [0.15, 0.2) is 0 Å². The summed E-state index contributed by atoms with van der Waals surface area (Å²) in [5, 5.41) is 6.45. The second-order valence-corrected chi connectivity index (χ2v) is 1.24. The van der Waals surface area contributed by atoms with E-state index in [4.69, 9.17) is 0 Å². The topological polar surface area (TPSA) is 28.7 Å². The van der Waals surface area contributed by atoms with Gasteiger partial charge in [0, 0.05) is 0 Å². The van der Waals surface area contributed by atoms with Gasteiger partial charge in [-0.1, -0.05) is 0 Å². The monoisotopic (exact) mass is 74.0 g/mol. The average molecular weight is 74.0 g/mol. The van der Waals surface area contributed by atoms with Crippen molar-refractivity contribution in [2.75, 3.05) is 0 Å². The Morgan fingerprint density at radius 2 is 2.67 bits per heavy atom. The third-order valence-electron chi connectivity index (χ3n) is 0.640. The van der Waals surface area contributed by atoms with Gasteiger partial charge in [0.05, 0.1) is 0 Å². The molecular formula is C3H3LiN2. The van der Waals surface area contributed by atoms with Gasteiger partial charge in [-0.2, -0.15) is 0 Å². The van der Waals surface area contributed by atoms with Gasteiger partial charge in [-0.15, -0.1) is 0 Å². The molecule has 0 aromatic carbocycles. The maximum atomic E-state index is 3.70. The summed E-state index contributed by atoms with van der Waals surface area (Å²) in [5.41, 5.74) is 0. The number of nitrogens with zero attached hydrogens (tertiary/aromatic N) is 1. The molecule has 0 saturated carbocycles. The number of aromatic nitrogens is 2. The van der Waals surface area contributed by atoms with E-state index in [1.807, 2.05) is 23.8 Å². The minimum atomic E-state index is 1.11. The first-order valence-electron chi connectivity index (χ1n) is 1.85. The van der Waals surface area contributed by atoms with Crippen molar-refractivity contribution in [3.63, 3.8) is 0 Å². The van der Waals surface area contributed by atoms with Crippen LogP contribution in [0.15, 0.2) is 12.3 Å². The molecule has 1 N–H and O–H groups in total. The molecule has 1 aromatic rings. The summed E-state index contributed by atoms with van der Waals surface area (Å²) in [6.07, 6.45) is 1.73. The molecule has 0 bridgehead atoms. The Labute approximate surface area is 45.2 Å². The fourth-order valence-electron chi connectivity index (χ4n) is 0.325. The van der Waals surface area contributed by atoms with Crippen LogP contribution in [0.2, 0.25) is 0 Å². The molecule has 26 valence electrons. The zero-order valence-electron chi connectivity index (χ0n) is 3.60. The third kappa shape index (κ3) is 0.648. The van der Waals surface area contributed by atoms with Crippen LogP contribution in [0.3, 0.4) is 0 Å². The van der Waals surface area contributed by atoms with E-state index < -0.39 is 0 Å². The summed E-state index contributed by atoms with van der Waals surface area (Å²) in [4.78, 5) is 0. The molecule has 1 heterocycles. The second kappa shape index (κ2) is 1.50. The standard InChI is InChI=1S/C3H3N2.Li/c1-2-4-5-3-1;/h1-2H,(H,4,5);. The van der Waals surface area contributed by atoms with Crippen molar-refractivity contribution in [3.8, 4) is 0 Å². The molecule has 2 nitrogen and oxygen atoms in total. The number of H-pyrrole nitrogens is 1. The average Bonchev–Trinajstić information content (AvgIpc) is 1.86. The van der Waals surface area contributed by atoms with E-state index in [1.54, 1.807) is 6.20 Å². The van der Waals surface area contributed by atoms with Gasteiger partial charge in [-0.25, -0.2) is 0 Å². The van der Waals surface area contributed by atoms with Gasteiger partial charge in [0.25, 0.3) is 0 Å². The van der Waals surface area contributed by atoms with E-state index in [-0.39, 0.29) is 0 Å². The Kier molecular flexibility index (Phi) is 0.997. The predicted molar refractivity (Wildman–Crippen MR) is 24.0 cm³/mol. The Balaban J connectivity index is 3.05. The molecule has 0 aliphatic rings. The van der Waals surface area contributed by atoms with Gasteiger partial charge in [-0.3, -0.25) is 0 Å². The summed E-state index contributed by atoms with van der Waals surface area (Å²) in [6, 6.07) is 1.92. The quantitative estimate of drug-likeness (QED) is 0.401. The molecule has 0 aliphatic heterocycles. The molecule has 0 atom stereocenters. The van der Waals surface area contributed by atoms with Gasteiger partial charge >= 0.3 is 44.5 Å². The molecule has 6 heavy (non-hydrogen) atoms. The van der Waals surface area contributed by atoms with Crippen molar-refractivity contribution in [2.24, 2.45) is 0 Å². The van der Waals surface area contributed by atoms with Crippen LogP contribution in [0.5, 0.6) is 0 Å². The molecule has 0 amide bonds. The van der Waals surface area contributed by atoms with E-state index in [1.165, 1.54) is 0 Å². The van der Waals surface area contributed by atoms with Crippen LogP contribution in [0.4, 0.5) is 0 Å². The molecule has 3 heteroatoms. The first-order chi connectivity index (χ1) is 2.89. The van der Waals surface area contributed by atoms with Crippen molar-refractivity contribution in [1.82, 2.24) is 10.2 Å². The number of nitrogens with one attached hydrogen (secondary N) is 1. The first-order valence-corrected chi connectivity index (χ1v) is 1.85. The fourth-order valence-corrected chi connectivity index (χ4v) is 0.325.